The third kappa shape index (κ3) is 1.41. The van der Waals surface area contributed by atoms with Gasteiger partial charge in [0.15, 0.2) is 0 Å². The standard InChI is InChI=1S/C8H10N4O2S2/c1-2-3-12(16)7(13)5-6(10-4-9-5)11(15)8(12)14/h4,11H,2-3H2,1H3,(H,9,10). The summed E-state index contributed by atoms with van der Waals surface area (Å²) >= 11 is 10.1. The molecule has 0 aromatic carbocycles. The van der Waals surface area contributed by atoms with Gasteiger partial charge in [0.25, 0.3) is 5.82 Å². The zero-order chi connectivity index (χ0) is 11.9. The molecule has 8 heteroatoms. The Balaban J connectivity index is 2.54. The second-order valence-corrected chi connectivity index (χ2v) is 4.56. The highest BCUT2D eigenvalue weighted by molar-refractivity contribution is 7.53. The molecule has 6 nitrogen and oxygen atoms in total. The lowest BCUT2D eigenvalue weighted by molar-refractivity contribution is -0.749. The number of nitrogens with one attached hydrogen (secondary N) is 2. The Bertz CT molecular complexity index is 461. The quantitative estimate of drug-likeness (QED) is 0.545. The van der Waals surface area contributed by atoms with Crippen LogP contribution in [0, 0.1) is 0 Å². The largest absolute Gasteiger partial charge is 0.490 e. The molecule has 0 bridgehead atoms. The lowest BCUT2D eigenvalue weighted by Gasteiger charge is -2.41. The smallest absolute Gasteiger partial charge is 0.473 e. The zero-order valence-electron chi connectivity index (χ0n) is 8.52. The SMILES string of the molecule is CCC[N+]1([S-])C(=O)c2[nH]cnc2[NH+]([S-])C1=O. The molecule has 0 saturated carbocycles. The van der Waals surface area contributed by atoms with E-state index in [4.69, 9.17) is 25.6 Å². The molecule has 0 aliphatic carbocycles. The molecule has 1 aromatic rings. The van der Waals surface area contributed by atoms with Crippen LogP contribution in [0.1, 0.15) is 23.8 Å². The van der Waals surface area contributed by atoms with Crippen LogP contribution >= 0.6 is 0 Å². The minimum Gasteiger partial charge on any atom is -0.473 e. The second-order valence-electron chi connectivity index (χ2n) is 3.53. The molecule has 1 aromatic heterocycles. The van der Waals surface area contributed by atoms with Gasteiger partial charge in [-0.1, -0.05) is 6.92 Å². The number of rotatable bonds is 2. The molecule has 0 saturated heterocycles. The maximum Gasteiger partial charge on any atom is 0.490 e. The first kappa shape index (κ1) is 11.6. The fourth-order valence-corrected chi connectivity index (χ4v) is 2.42. The van der Waals surface area contributed by atoms with Crippen LogP contribution in [0.25, 0.3) is 0 Å². The van der Waals surface area contributed by atoms with E-state index in [0.29, 0.717) is 6.42 Å². The number of aromatic nitrogens is 2. The number of carbonyl (C=O) groups excluding carboxylic acids is 2. The number of hydrogen-bond donors (Lipinski definition) is 2. The Labute approximate surface area is 103 Å². The number of aromatic amines is 1. The number of imide groups is 1. The third-order valence-electron chi connectivity index (χ3n) is 2.46. The number of imidazole rings is 1. The molecular weight excluding hydrogens is 248 g/mol. The third-order valence-corrected chi connectivity index (χ3v) is 3.34. The van der Waals surface area contributed by atoms with Crippen LogP contribution in [0.2, 0.25) is 0 Å². The van der Waals surface area contributed by atoms with E-state index in [9.17, 15) is 9.59 Å². The summed E-state index contributed by atoms with van der Waals surface area (Å²) in [6.07, 6.45) is 1.98. The van der Waals surface area contributed by atoms with Gasteiger partial charge < -0.3 is 30.6 Å². The number of quaternary nitrogens is 2. The predicted octanol–water partition coefficient (Wildman–Crippen LogP) is -0.650. The molecule has 86 valence electrons. The summed E-state index contributed by atoms with van der Waals surface area (Å²) in [5.41, 5.74) is 0.244. The summed E-state index contributed by atoms with van der Waals surface area (Å²) in [6, 6.07) is -0.517. The van der Waals surface area contributed by atoms with Crippen molar-refractivity contribution in [2.75, 3.05) is 6.54 Å². The van der Waals surface area contributed by atoms with Gasteiger partial charge in [0.1, 0.15) is 0 Å². The van der Waals surface area contributed by atoms with E-state index >= 15 is 0 Å². The minimum atomic E-state index is -0.704. The van der Waals surface area contributed by atoms with Crippen molar-refractivity contribution in [3.8, 4) is 0 Å². The highest BCUT2D eigenvalue weighted by Gasteiger charge is 2.48. The number of fused-ring (bicyclic) bond motifs is 1. The van der Waals surface area contributed by atoms with Gasteiger partial charge in [0, 0.05) is 0 Å². The Morgan fingerprint density at radius 2 is 2.25 bits per heavy atom. The number of carbonyl (C=O) groups is 2. The van der Waals surface area contributed by atoms with Crippen LogP contribution in [0.3, 0.4) is 0 Å². The summed E-state index contributed by atoms with van der Waals surface area (Å²) in [7, 11) is 0. The van der Waals surface area contributed by atoms with Crippen LogP contribution < -0.4 is 4.31 Å². The molecule has 0 spiro atoms. The Kier molecular flexibility index (Phi) is 2.82. The van der Waals surface area contributed by atoms with E-state index in [2.05, 4.69) is 9.97 Å². The molecule has 2 rings (SSSR count). The number of nitrogens with zero attached hydrogens (tertiary/aromatic N) is 2. The van der Waals surface area contributed by atoms with Crippen molar-refractivity contribution in [2.24, 2.45) is 0 Å². The Morgan fingerprint density at radius 1 is 1.56 bits per heavy atom. The highest BCUT2D eigenvalue weighted by Crippen LogP contribution is 2.20. The molecular formula is C8H10N4O2S2. The van der Waals surface area contributed by atoms with Gasteiger partial charge >= 0.3 is 11.9 Å². The van der Waals surface area contributed by atoms with E-state index in [1.165, 1.54) is 6.33 Å². The Morgan fingerprint density at radius 3 is 2.88 bits per heavy atom. The summed E-state index contributed by atoms with van der Waals surface area (Å²) < 4.78 is -0.663. The van der Waals surface area contributed by atoms with Gasteiger partial charge in [-0.2, -0.15) is 9.78 Å². The molecule has 1 aliphatic heterocycles. The van der Waals surface area contributed by atoms with Crippen molar-refractivity contribution in [1.29, 1.82) is 0 Å². The summed E-state index contributed by atoms with van der Waals surface area (Å²) in [6.45, 7) is 2.13. The molecule has 2 heterocycles. The first-order valence-electron chi connectivity index (χ1n) is 4.79. The lowest BCUT2D eigenvalue weighted by atomic mass is 10.3. The van der Waals surface area contributed by atoms with Crippen LogP contribution in [-0.2, 0) is 25.6 Å². The van der Waals surface area contributed by atoms with E-state index in [-0.39, 0.29) is 22.4 Å². The number of urea groups is 1. The monoisotopic (exact) mass is 258 g/mol. The van der Waals surface area contributed by atoms with Gasteiger partial charge in [-0.3, -0.25) is 8.19 Å². The molecule has 2 atom stereocenters. The fourth-order valence-electron chi connectivity index (χ4n) is 1.69. The van der Waals surface area contributed by atoms with Crippen molar-refractivity contribution in [2.45, 2.75) is 13.3 Å². The fraction of sp³-hybridized carbons (Fsp3) is 0.375. The summed E-state index contributed by atoms with van der Waals surface area (Å²) in [5, 5.41) is 0. The minimum absolute atomic E-state index is 0.0410. The number of H-pyrrole nitrogens is 1. The number of amides is 3. The zero-order valence-corrected chi connectivity index (χ0v) is 10.2. The second kappa shape index (κ2) is 3.88. The van der Waals surface area contributed by atoms with Gasteiger partial charge in [0.05, 0.1) is 12.9 Å². The van der Waals surface area contributed by atoms with Crippen LogP contribution in [0.5, 0.6) is 0 Å². The molecule has 2 N–H and O–H groups in total. The van der Waals surface area contributed by atoms with Crippen molar-refractivity contribution < 1.29 is 17.8 Å². The molecule has 2 unspecified atom stereocenters. The molecule has 3 amide bonds. The van der Waals surface area contributed by atoms with Gasteiger partial charge in [-0.15, -0.1) is 0 Å². The highest BCUT2D eigenvalue weighted by atomic mass is 32.1. The average molecular weight is 258 g/mol. The van der Waals surface area contributed by atoms with Crippen LogP contribution in [0.4, 0.5) is 10.6 Å². The van der Waals surface area contributed by atoms with Gasteiger partial charge in [0.2, 0.25) is 5.69 Å². The van der Waals surface area contributed by atoms with E-state index in [1.54, 1.807) is 0 Å². The summed E-state index contributed by atoms with van der Waals surface area (Å²) in [5.74, 6) is -0.192. The van der Waals surface area contributed by atoms with E-state index in [0.717, 1.165) is 0 Å². The Hall–Kier alpha value is -0.830. The van der Waals surface area contributed by atoms with E-state index < -0.39 is 15.8 Å². The molecule has 0 fully saturated rings. The molecule has 16 heavy (non-hydrogen) atoms. The lowest BCUT2D eigenvalue weighted by Crippen LogP contribution is -3.10. The first-order valence-corrected chi connectivity index (χ1v) is 5.56. The van der Waals surface area contributed by atoms with Crippen molar-refractivity contribution >= 4 is 43.4 Å². The maximum absolute atomic E-state index is 12.1. The molecule has 0 radical (unpaired) electrons. The van der Waals surface area contributed by atoms with Crippen molar-refractivity contribution in [1.82, 2.24) is 9.97 Å². The van der Waals surface area contributed by atoms with Gasteiger partial charge in [-0.05, 0) is 6.42 Å². The maximum atomic E-state index is 12.1. The van der Waals surface area contributed by atoms with Crippen LogP contribution in [-0.4, -0.2) is 32.3 Å². The van der Waals surface area contributed by atoms with Crippen molar-refractivity contribution in [3.63, 3.8) is 0 Å². The first-order chi connectivity index (χ1) is 7.52. The predicted molar refractivity (Wildman–Crippen MR) is 59.1 cm³/mol. The van der Waals surface area contributed by atoms with E-state index in [1.807, 2.05) is 6.92 Å². The average Bonchev–Trinajstić information content (AvgIpc) is 2.73. The van der Waals surface area contributed by atoms with Crippen molar-refractivity contribution in [3.05, 3.63) is 12.0 Å². The summed E-state index contributed by atoms with van der Waals surface area (Å²) in [4.78, 5) is 30.6. The van der Waals surface area contributed by atoms with Crippen LogP contribution in [0.15, 0.2) is 6.33 Å². The normalized spacial score (nSPS) is 29.3. The molecule has 1 aliphatic rings. The van der Waals surface area contributed by atoms with Gasteiger partial charge in [-0.25, -0.2) is 4.79 Å². The number of hydrogen-bond acceptors (Lipinski definition) is 5. The topological polar surface area (TPSA) is 67.3 Å².